The van der Waals surface area contributed by atoms with E-state index in [4.69, 9.17) is 10.5 Å². The van der Waals surface area contributed by atoms with E-state index in [0.29, 0.717) is 29.4 Å². The number of rotatable bonds is 4. The van der Waals surface area contributed by atoms with Crippen molar-refractivity contribution in [2.45, 2.75) is 19.9 Å². The van der Waals surface area contributed by atoms with Gasteiger partial charge in [0.05, 0.1) is 11.1 Å². The number of nitrogens with one attached hydrogen (secondary N) is 1. The molecule has 0 atom stereocenters. The fourth-order valence-corrected chi connectivity index (χ4v) is 2.51. The molecule has 3 aromatic rings. The number of aromatic nitrogens is 3. The highest BCUT2D eigenvalue weighted by molar-refractivity contribution is 5.75. The lowest BCUT2D eigenvalue weighted by Gasteiger charge is -2.10. The number of benzene rings is 1. The van der Waals surface area contributed by atoms with Gasteiger partial charge in [-0.05, 0) is 30.7 Å². The third kappa shape index (κ3) is 3.17. The zero-order chi connectivity index (χ0) is 17.8. The van der Waals surface area contributed by atoms with Gasteiger partial charge >= 0.3 is 0 Å². The van der Waals surface area contributed by atoms with Gasteiger partial charge in [-0.25, -0.2) is 4.98 Å². The Labute approximate surface area is 143 Å². The van der Waals surface area contributed by atoms with Crippen molar-refractivity contribution in [3.63, 3.8) is 0 Å². The Morgan fingerprint density at radius 2 is 1.96 bits per heavy atom. The first-order valence-electron chi connectivity index (χ1n) is 7.74. The molecule has 0 saturated carbocycles. The summed E-state index contributed by atoms with van der Waals surface area (Å²) in [6.45, 7) is 2.56. The molecule has 0 aliphatic heterocycles. The second-order valence-electron chi connectivity index (χ2n) is 5.40. The van der Waals surface area contributed by atoms with Crippen molar-refractivity contribution in [3.05, 3.63) is 58.0 Å². The molecule has 0 fully saturated rings. The zero-order valence-electron chi connectivity index (χ0n) is 13.5. The van der Waals surface area contributed by atoms with Crippen LogP contribution in [0.15, 0.2) is 41.3 Å². The van der Waals surface area contributed by atoms with Crippen LogP contribution in [0.5, 0.6) is 0 Å². The molecule has 7 nitrogen and oxygen atoms in total. The standard InChI is InChI=1S/C18H14N6O/c1-2-7-24-16(25)6-4-13-11-21-18(23-17(13)24)22-15-5-3-12(9-19)14(8-15)10-20/h3-6,8,11H,2,7H2,1H3,(H,21,22,23). The molecular formula is C18H14N6O. The summed E-state index contributed by atoms with van der Waals surface area (Å²) in [7, 11) is 0. The van der Waals surface area contributed by atoms with Gasteiger partial charge in [0.1, 0.15) is 17.8 Å². The van der Waals surface area contributed by atoms with E-state index in [2.05, 4.69) is 15.3 Å². The lowest BCUT2D eigenvalue weighted by atomic mass is 10.1. The van der Waals surface area contributed by atoms with E-state index in [1.165, 1.54) is 6.07 Å². The average molecular weight is 330 g/mol. The maximum atomic E-state index is 12.1. The largest absolute Gasteiger partial charge is 0.324 e. The average Bonchev–Trinajstić information content (AvgIpc) is 2.64. The van der Waals surface area contributed by atoms with Gasteiger partial charge in [-0.15, -0.1) is 0 Å². The van der Waals surface area contributed by atoms with Crippen LogP contribution in [0.3, 0.4) is 0 Å². The molecular weight excluding hydrogens is 316 g/mol. The van der Waals surface area contributed by atoms with E-state index in [1.54, 1.807) is 35.0 Å². The normalized spacial score (nSPS) is 10.2. The third-order valence-corrected chi connectivity index (χ3v) is 3.69. The Balaban J connectivity index is 2.03. The number of pyridine rings is 1. The van der Waals surface area contributed by atoms with Gasteiger partial charge in [-0.1, -0.05) is 6.92 Å². The van der Waals surface area contributed by atoms with Crippen LogP contribution in [-0.4, -0.2) is 14.5 Å². The van der Waals surface area contributed by atoms with E-state index in [0.717, 1.165) is 11.8 Å². The van der Waals surface area contributed by atoms with Crippen molar-refractivity contribution < 1.29 is 0 Å². The van der Waals surface area contributed by atoms with Gasteiger partial charge in [0, 0.05) is 29.9 Å². The molecule has 122 valence electrons. The molecule has 25 heavy (non-hydrogen) atoms. The third-order valence-electron chi connectivity index (χ3n) is 3.69. The van der Waals surface area contributed by atoms with Crippen LogP contribution in [0, 0.1) is 22.7 Å². The molecule has 2 aromatic heterocycles. The van der Waals surface area contributed by atoms with Crippen molar-refractivity contribution >= 4 is 22.7 Å². The predicted octanol–water partition coefficient (Wildman–Crippen LogP) is 2.69. The SMILES string of the molecule is CCCn1c(=O)ccc2cnc(Nc3ccc(C#N)c(C#N)c3)nc21. The van der Waals surface area contributed by atoms with Crippen LogP contribution in [0.4, 0.5) is 11.6 Å². The van der Waals surface area contributed by atoms with Crippen LogP contribution in [-0.2, 0) is 6.54 Å². The zero-order valence-corrected chi connectivity index (χ0v) is 13.5. The Kier molecular flexibility index (Phi) is 4.40. The molecule has 0 amide bonds. The summed E-state index contributed by atoms with van der Waals surface area (Å²) in [5, 5.41) is 21.9. The molecule has 0 bridgehead atoms. The topological polar surface area (TPSA) is 107 Å². The van der Waals surface area contributed by atoms with Gasteiger partial charge in [0.15, 0.2) is 0 Å². The fraction of sp³-hybridized carbons (Fsp3) is 0.167. The second kappa shape index (κ2) is 6.81. The smallest absolute Gasteiger partial charge is 0.252 e. The minimum atomic E-state index is -0.107. The highest BCUT2D eigenvalue weighted by atomic mass is 16.1. The second-order valence-corrected chi connectivity index (χ2v) is 5.40. The van der Waals surface area contributed by atoms with E-state index >= 15 is 0 Å². The van der Waals surface area contributed by atoms with Crippen molar-refractivity contribution in [3.8, 4) is 12.1 Å². The first kappa shape index (κ1) is 16.2. The van der Waals surface area contributed by atoms with Crippen molar-refractivity contribution in [1.29, 1.82) is 10.5 Å². The van der Waals surface area contributed by atoms with E-state index in [-0.39, 0.29) is 11.1 Å². The number of fused-ring (bicyclic) bond motifs is 1. The summed E-state index contributed by atoms with van der Waals surface area (Å²) < 4.78 is 1.61. The molecule has 0 spiro atoms. The summed E-state index contributed by atoms with van der Waals surface area (Å²) >= 11 is 0. The van der Waals surface area contributed by atoms with Gasteiger partial charge in [0.25, 0.3) is 5.56 Å². The van der Waals surface area contributed by atoms with E-state index < -0.39 is 0 Å². The van der Waals surface area contributed by atoms with Crippen molar-refractivity contribution in [2.75, 3.05) is 5.32 Å². The predicted molar refractivity (Wildman–Crippen MR) is 93.2 cm³/mol. The molecule has 7 heteroatoms. The Bertz CT molecular complexity index is 1090. The highest BCUT2D eigenvalue weighted by Gasteiger charge is 2.08. The molecule has 1 aromatic carbocycles. The monoisotopic (exact) mass is 330 g/mol. The first-order chi connectivity index (χ1) is 12.2. The quantitative estimate of drug-likeness (QED) is 0.788. The number of hydrogen-bond acceptors (Lipinski definition) is 6. The molecule has 3 rings (SSSR count). The Morgan fingerprint density at radius 3 is 2.68 bits per heavy atom. The van der Waals surface area contributed by atoms with Crippen LogP contribution < -0.4 is 10.9 Å². The summed E-state index contributed by atoms with van der Waals surface area (Å²) in [6.07, 6.45) is 2.46. The Morgan fingerprint density at radius 1 is 1.16 bits per heavy atom. The van der Waals surface area contributed by atoms with Crippen LogP contribution in [0.1, 0.15) is 24.5 Å². The van der Waals surface area contributed by atoms with Gasteiger partial charge in [-0.3, -0.25) is 9.36 Å². The van der Waals surface area contributed by atoms with Crippen LogP contribution >= 0.6 is 0 Å². The summed E-state index contributed by atoms with van der Waals surface area (Å²) in [6, 6.07) is 12.0. The highest BCUT2D eigenvalue weighted by Crippen LogP contribution is 2.19. The molecule has 1 N–H and O–H groups in total. The molecule has 0 aliphatic carbocycles. The maximum absolute atomic E-state index is 12.1. The van der Waals surface area contributed by atoms with Gasteiger partial charge < -0.3 is 5.32 Å². The minimum Gasteiger partial charge on any atom is -0.324 e. The number of anilines is 2. The minimum absolute atomic E-state index is 0.107. The molecule has 0 saturated heterocycles. The van der Waals surface area contributed by atoms with Crippen molar-refractivity contribution in [1.82, 2.24) is 14.5 Å². The number of nitrogens with zero attached hydrogens (tertiary/aromatic N) is 5. The molecule has 2 heterocycles. The molecule has 0 unspecified atom stereocenters. The van der Waals surface area contributed by atoms with Gasteiger partial charge in [0.2, 0.25) is 5.95 Å². The van der Waals surface area contributed by atoms with Crippen LogP contribution in [0.2, 0.25) is 0 Å². The van der Waals surface area contributed by atoms with E-state index in [9.17, 15) is 4.79 Å². The lowest BCUT2D eigenvalue weighted by molar-refractivity contribution is 0.671. The number of aryl methyl sites for hydroxylation is 1. The van der Waals surface area contributed by atoms with Crippen molar-refractivity contribution in [2.24, 2.45) is 0 Å². The summed E-state index contributed by atoms with van der Waals surface area (Å²) in [4.78, 5) is 20.7. The number of hydrogen-bond donors (Lipinski definition) is 1. The lowest BCUT2D eigenvalue weighted by Crippen LogP contribution is -2.20. The van der Waals surface area contributed by atoms with Gasteiger partial charge in [-0.2, -0.15) is 15.5 Å². The summed E-state index contributed by atoms with van der Waals surface area (Å²) in [5.74, 6) is 0.316. The van der Waals surface area contributed by atoms with E-state index in [1.807, 2.05) is 19.1 Å². The maximum Gasteiger partial charge on any atom is 0.252 e. The molecule has 0 radical (unpaired) electrons. The molecule has 0 aliphatic rings. The fourth-order valence-electron chi connectivity index (χ4n) is 2.51. The summed E-state index contributed by atoms with van der Waals surface area (Å²) in [5.41, 5.74) is 1.63. The Hall–Kier alpha value is -3.71. The first-order valence-corrected chi connectivity index (χ1v) is 7.74. The van der Waals surface area contributed by atoms with Crippen LogP contribution in [0.25, 0.3) is 11.0 Å². The number of nitriles is 2.